The number of halogens is 1. The van der Waals surface area contributed by atoms with Gasteiger partial charge in [0, 0.05) is 10.9 Å². The van der Waals surface area contributed by atoms with Crippen molar-refractivity contribution < 1.29 is 9.47 Å². The molecule has 0 saturated heterocycles. The quantitative estimate of drug-likeness (QED) is 0.431. The molecule has 2 aromatic carbocycles. The van der Waals surface area contributed by atoms with Gasteiger partial charge in [0.05, 0.1) is 18.8 Å². The monoisotopic (exact) mass is 485 g/mol. The summed E-state index contributed by atoms with van der Waals surface area (Å²) >= 11 is 4.52. The third kappa shape index (κ3) is 3.99. The Balaban J connectivity index is 1.75. The van der Waals surface area contributed by atoms with Crippen LogP contribution >= 0.6 is 27.3 Å². The fourth-order valence-corrected chi connectivity index (χ4v) is 4.11. The molecule has 4 aromatic rings. The van der Waals surface area contributed by atoms with Gasteiger partial charge in [-0.3, -0.25) is 9.59 Å². The first-order valence-corrected chi connectivity index (χ1v) is 10.5. The largest absolute Gasteiger partial charge is 0.493 e. The summed E-state index contributed by atoms with van der Waals surface area (Å²) in [6.07, 6.45) is 1.98. The lowest BCUT2D eigenvalue weighted by Crippen LogP contribution is -2.28. The minimum atomic E-state index is -0.457. The highest BCUT2D eigenvalue weighted by molar-refractivity contribution is 9.10. The highest BCUT2D eigenvalue weighted by atomic mass is 79.9. The second kappa shape index (κ2) is 8.37. The van der Waals surface area contributed by atoms with E-state index in [-0.39, 0.29) is 22.6 Å². The number of thiazole rings is 1. The van der Waals surface area contributed by atoms with Gasteiger partial charge in [-0.15, -0.1) is 0 Å². The van der Waals surface area contributed by atoms with E-state index in [2.05, 4.69) is 26.0 Å². The highest BCUT2D eigenvalue weighted by Crippen LogP contribution is 2.28. The molecule has 0 fully saturated rings. The van der Waals surface area contributed by atoms with Gasteiger partial charge >= 0.3 is 0 Å². The first-order chi connectivity index (χ1) is 14.5. The summed E-state index contributed by atoms with van der Waals surface area (Å²) in [7, 11) is 3.10. The number of aromatic nitrogens is 3. The average Bonchev–Trinajstić information content (AvgIpc) is 3.04. The molecule has 30 heavy (non-hydrogen) atoms. The molecular formula is C21H16BrN3O4S. The van der Waals surface area contributed by atoms with Crippen molar-refractivity contribution in [3.8, 4) is 11.5 Å². The van der Waals surface area contributed by atoms with E-state index in [0.717, 1.165) is 26.9 Å². The minimum absolute atomic E-state index is 0.185. The Kier molecular flexibility index (Phi) is 5.65. The van der Waals surface area contributed by atoms with Crippen LogP contribution in [-0.2, 0) is 6.42 Å². The summed E-state index contributed by atoms with van der Waals surface area (Å²) in [5.41, 5.74) is 1.09. The number of fused-ring (bicyclic) bond motifs is 1. The second-order valence-corrected chi connectivity index (χ2v) is 8.32. The van der Waals surface area contributed by atoms with Gasteiger partial charge in [0.1, 0.15) is 5.69 Å². The van der Waals surface area contributed by atoms with Gasteiger partial charge in [0.15, 0.2) is 11.5 Å². The van der Waals surface area contributed by atoms with E-state index in [4.69, 9.17) is 9.47 Å². The Hall–Kier alpha value is -3.04. The zero-order valence-corrected chi connectivity index (χ0v) is 18.5. The number of methoxy groups -OCH3 is 2. The van der Waals surface area contributed by atoms with Crippen molar-refractivity contribution in [1.29, 1.82) is 0 Å². The summed E-state index contributed by atoms with van der Waals surface area (Å²) < 4.78 is 13.1. The van der Waals surface area contributed by atoms with Gasteiger partial charge in [-0.05, 0) is 41.5 Å². The summed E-state index contributed by atoms with van der Waals surface area (Å²) in [5.74, 6) is 1.14. The minimum Gasteiger partial charge on any atom is -0.493 e. The molecule has 7 nitrogen and oxygen atoms in total. The van der Waals surface area contributed by atoms with Crippen molar-refractivity contribution in [2.45, 2.75) is 6.42 Å². The number of hydrogen-bond acceptors (Lipinski definition) is 7. The lowest BCUT2D eigenvalue weighted by molar-refractivity contribution is 0.354. The lowest BCUT2D eigenvalue weighted by Gasteiger charge is -2.09. The van der Waals surface area contributed by atoms with Gasteiger partial charge in [0.2, 0.25) is 4.96 Å². The summed E-state index contributed by atoms with van der Waals surface area (Å²) in [4.78, 5) is 29.6. The molecule has 0 bridgehead atoms. The first kappa shape index (κ1) is 20.2. The molecule has 0 aliphatic heterocycles. The smallest absolute Gasteiger partial charge is 0.296 e. The van der Waals surface area contributed by atoms with Gasteiger partial charge in [-0.25, -0.2) is 0 Å². The Morgan fingerprint density at radius 2 is 1.80 bits per heavy atom. The van der Waals surface area contributed by atoms with Crippen LogP contribution in [0.25, 0.3) is 11.0 Å². The van der Waals surface area contributed by atoms with Crippen molar-refractivity contribution in [3.05, 3.63) is 89.0 Å². The molecule has 0 radical (unpaired) electrons. The third-order valence-corrected chi connectivity index (χ3v) is 5.93. The van der Waals surface area contributed by atoms with E-state index in [1.807, 2.05) is 30.3 Å². The van der Waals surface area contributed by atoms with E-state index < -0.39 is 5.56 Å². The van der Waals surface area contributed by atoms with Crippen LogP contribution in [-0.4, -0.2) is 28.8 Å². The predicted octanol–water partition coefficient (Wildman–Crippen LogP) is 2.43. The van der Waals surface area contributed by atoms with Crippen molar-refractivity contribution >= 4 is 38.3 Å². The number of benzene rings is 2. The van der Waals surface area contributed by atoms with Crippen LogP contribution in [0.4, 0.5) is 0 Å². The number of ether oxygens (including phenoxy) is 2. The number of hydrogen-bond donors (Lipinski definition) is 0. The molecule has 0 amide bonds. The van der Waals surface area contributed by atoms with Crippen molar-refractivity contribution in [2.24, 2.45) is 0 Å². The van der Waals surface area contributed by atoms with E-state index in [1.165, 1.54) is 4.52 Å². The fraction of sp³-hybridized carbons (Fsp3) is 0.143. The predicted molar refractivity (Wildman–Crippen MR) is 119 cm³/mol. The van der Waals surface area contributed by atoms with Crippen LogP contribution in [0.1, 0.15) is 16.8 Å². The topological polar surface area (TPSA) is 82.8 Å². The molecule has 0 aliphatic rings. The summed E-state index contributed by atoms with van der Waals surface area (Å²) in [6, 6.07) is 12.9. The number of rotatable bonds is 5. The highest BCUT2D eigenvalue weighted by Gasteiger charge is 2.13. The fourth-order valence-electron chi connectivity index (χ4n) is 2.95. The molecule has 4 rings (SSSR count). The normalized spacial score (nSPS) is 11.8. The van der Waals surface area contributed by atoms with Crippen LogP contribution in [0.5, 0.6) is 11.5 Å². The van der Waals surface area contributed by atoms with Gasteiger partial charge in [-0.1, -0.05) is 45.5 Å². The maximum absolute atomic E-state index is 12.8. The van der Waals surface area contributed by atoms with Gasteiger partial charge in [0.25, 0.3) is 11.1 Å². The molecule has 0 saturated carbocycles. The molecule has 0 atom stereocenters. The molecule has 2 heterocycles. The second-order valence-electron chi connectivity index (χ2n) is 6.39. The standard InChI is InChI=1S/C21H16BrN3O4S/c1-28-16-8-5-13(10-17(16)29-2)9-15-19(26)23-21-25(24-15)20(27)18(30-21)11-12-3-6-14(22)7-4-12/h3-8,10-11H,9H2,1-2H3/b18-11+. The van der Waals surface area contributed by atoms with E-state index >= 15 is 0 Å². The van der Waals surface area contributed by atoms with Gasteiger partial charge in [-0.2, -0.15) is 14.6 Å². The lowest BCUT2D eigenvalue weighted by atomic mass is 10.1. The van der Waals surface area contributed by atoms with Crippen LogP contribution in [0.3, 0.4) is 0 Å². The van der Waals surface area contributed by atoms with Crippen LogP contribution < -0.4 is 25.1 Å². The Bertz CT molecular complexity index is 1400. The number of nitrogens with zero attached hydrogens (tertiary/aromatic N) is 3. The maximum atomic E-state index is 12.8. The first-order valence-electron chi connectivity index (χ1n) is 8.89. The summed E-state index contributed by atoms with van der Waals surface area (Å²) in [6.45, 7) is 0. The summed E-state index contributed by atoms with van der Waals surface area (Å²) in [5, 5.41) is 4.28. The molecule has 0 N–H and O–H groups in total. The van der Waals surface area contributed by atoms with Crippen molar-refractivity contribution in [1.82, 2.24) is 14.6 Å². The molecule has 0 spiro atoms. The van der Waals surface area contributed by atoms with E-state index in [0.29, 0.717) is 16.0 Å². The molecule has 9 heteroatoms. The molecule has 0 unspecified atom stereocenters. The van der Waals surface area contributed by atoms with Crippen molar-refractivity contribution in [3.63, 3.8) is 0 Å². The molecule has 0 aliphatic carbocycles. The molecular weight excluding hydrogens is 470 g/mol. The Morgan fingerprint density at radius 3 is 2.50 bits per heavy atom. The third-order valence-electron chi connectivity index (χ3n) is 4.44. The van der Waals surface area contributed by atoms with Crippen LogP contribution in [0.2, 0.25) is 0 Å². The molecule has 152 valence electrons. The van der Waals surface area contributed by atoms with Crippen LogP contribution in [0, 0.1) is 0 Å². The average molecular weight is 486 g/mol. The molecule has 2 aromatic heterocycles. The zero-order chi connectivity index (χ0) is 21.3. The van der Waals surface area contributed by atoms with E-state index in [1.54, 1.807) is 32.4 Å². The maximum Gasteiger partial charge on any atom is 0.296 e. The van der Waals surface area contributed by atoms with Crippen LogP contribution in [0.15, 0.2) is 56.5 Å². The SMILES string of the molecule is COc1ccc(Cc2nn3c(=O)/c(=C\c4ccc(Br)cc4)sc3nc2=O)cc1OC. The Labute approximate surface area is 183 Å². The Morgan fingerprint density at radius 1 is 1.07 bits per heavy atom. The van der Waals surface area contributed by atoms with Gasteiger partial charge < -0.3 is 9.47 Å². The van der Waals surface area contributed by atoms with Crippen molar-refractivity contribution in [2.75, 3.05) is 14.2 Å². The zero-order valence-electron chi connectivity index (χ0n) is 16.1. The van der Waals surface area contributed by atoms with E-state index in [9.17, 15) is 9.59 Å².